The van der Waals surface area contributed by atoms with Gasteiger partial charge in [0.15, 0.2) is 34.2 Å². The van der Waals surface area contributed by atoms with Crippen molar-refractivity contribution in [2.45, 2.75) is 0 Å². The average molecular weight is 1370 g/mol. The Hall–Kier alpha value is -15.0. The van der Waals surface area contributed by atoms with Crippen LogP contribution in [0.4, 0.5) is 0 Å². The fraction of sp³-hybridized carbons (Fsp3) is 0. The Bertz CT molecular complexity index is 6920. The molecule has 0 saturated heterocycles. The highest BCUT2D eigenvalue weighted by Crippen LogP contribution is 2.40. The van der Waals surface area contributed by atoms with Gasteiger partial charge in [-0.05, 0) is 154 Å². The summed E-state index contributed by atoms with van der Waals surface area (Å²) in [4.78, 5) is 43.8. The van der Waals surface area contributed by atoms with Crippen LogP contribution in [0.2, 0.25) is 0 Å². The summed E-state index contributed by atoms with van der Waals surface area (Å²) in [5, 5.41) is 19.2. The van der Waals surface area contributed by atoms with Gasteiger partial charge in [-0.15, -0.1) is 0 Å². The smallest absolute Gasteiger partial charge is 0.227 e. The molecule has 0 atom stereocenters. The molecule has 0 bridgehead atoms. The molecule has 6 aromatic heterocycles. The van der Waals surface area contributed by atoms with Gasteiger partial charge in [0.25, 0.3) is 0 Å². The van der Waals surface area contributed by atoms with Gasteiger partial charge >= 0.3 is 0 Å². The molecule has 0 unspecified atom stereocenters. The monoisotopic (exact) mass is 1370 g/mol. The van der Waals surface area contributed by atoms with E-state index >= 15 is 0 Å². The fourth-order valence-electron chi connectivity index (χ4n) is 13.9. The van der Waals surface area contributed by atoms with E-state index in [9.17, 15) is 0 Å². The van der Waals surface area contributed by atoms with Gasteiger partial charge in [0.05, 0.1) is 45.3 Å². The largest absolute Gasteiger partial charge is 0.436 e. The topological polar surface area (TPSA) is 179 Å². The zero-order valence-electron chi connectivity index (χ0n) is 57.0. The standard InChI is InChI=1S/C35H21N3O.C31H19N3O.C28H16N4O/c1-2-10-25-24(9-1)21-29(27-12-4-3-11-26(25)27)34-36-30-14-6-5-13-28(30)33(38-34)22-17-19-23(20-18-22)35-37-31-15-7-8-16-32(31)39-35;1-2-10-23-20(8-1)9-7-12-24(23)30-32-26-13-4-3-11-25(26)29(34-30)21-16-18-22(19-17-21)31-33-27-14-5-6-15-28(27)35-31;29-17-18-9-11-20(12-10-18)27-30-23-6-2-1-5-22(23)26(32-27)19-13-15-21(16-14-19)28-31-24-7-3-4-8-25(24)33-28/h1-21H;1-19H;1-16H. The first kappa shape index (κ1) is 63.0. The molecule has 13 heteroatoms. The highest BCUT2D eigenvalue weighted by molar-refractivity contribution is 6.14. The van der Waals surface area contributed by atoms with Crippen molar-refractivity contribution in [2.75, 3.05) is 0 Å². The number of nitriles is 1. The van der Waals surface area contributed by atoms with Crippen LogP contribution in [0.25, 0.3) is 201 Å². The number of fused-ring (bicyclic) bond motifs is 10. The Morgan fingerprint density at radius 1 is 0.215 bits per heavy atom. The molecule has 500 valence electrons. The number of aromatic nitrogens is 9. The van der Waals surface area contributed by atoms with Gasteiger partial charge < -0.3 is 13.3 Å². The molecule has 0 radical (unpaired) electrons. The SMILES string of the molecule is N#Cc1ccc(-c2nc(-c3ccc(-c4nc5ccccc5o4)cc3)c3ccccc3n2)cc1.c1ccc2c(-c3nc(-c4ccc(-c5nc6ccccc6o5)cc4)c4ccccc4n3)cccc2c1.c1ccc2c(c1)cc(-c1nc(-c3ccc(-c4nc5ccccc5o4)cc3)c3ccccc3n1)c1ccccc12. The molecule has 0 aliphatic heterocycles. The molecule has 6 heterocycles. The van der Waals surface area contributed by atoms with Crippen LogP contribution in [0, 0.1) is 11.3 Å². The molecule has 0 N–H and O–H groups in total. The zero-order valence-corrected chi connectivity index (χ0v) is 57.0. The van der Waals surface area contributed by atoms with Crippen molar-refractivity contribution >= 4 is 98.3 Å². The summed E-state index contributed by atoms with van der Waals surface area (Å²) in [5.41, 5.74) is 19.5. The maximum atomic E-state index is 9.09. The molecule has 0 aliphatic carbocycles. The van der Waals surface area contributed by atoms with Crippen molar-refractivity contribution in [3.8, 4) is 108 Å². The van der Waals surface area contributed by atoms with Crippen LogP contribution in [0.1, 0.15) is 5.56 Å². The Labute approximate surface area is 611 Å². The van der Waals surface area contributed by atoms with E-state index in [2.05, 4.69) is 161 Å². The molecule has 0 fully saturated rings. The second kappa shape index (κ2) is 27.1. The van der Waals surface area contributed by atoms with Gasteiger partial charge in [0.1, 0.15) is 16.6 Å². The van der Waals surface area contributed by atoms with E-state index in [0.717, 1.165) is 150 Å². The highest BCUT2D eigenvalue weighted by atomic mass is 16.4. The van der Waals surface area contributed by atoms with Gasteiger partial charge in [-0.25, -0.2) is 44.9 Å². The third kappa shape index (κ3) is 12.1. The maximum absolute atomic E-state index is 9.09. The Kier molecular flexibility index (Phi) is 15.9. The van der Waals surface area contributed by atoms with E-state index in [0.29, 0.717) is 34.9 Å². The molecular weight excluding hydrogens is 1320 g/mol. The summed E-state index contributed by atoms with van der Waals surface area (Å²) in [7, 11) is 0. The number of benzene rings is 15. The molecule has 21 rings (SSSR count). The number of oxazole rings is 3. The van der Waals surface area contributed by atoms with Crippen LogP contribution in [0.5, 0.6) is 0 Å². The minimum Gasteiger partial charge on any atom is -0.436 e. The average Bonchev–Trinajstić information content (AvgIpc) is 1.66. The lowest BCUT2D eigenvalue weighted by molar-refractivity contribution is 0.619. The number of rotatable bonds is 9. The number of para-hydroxylation sites is 9. The van der Waals surface area contributed by atoms with E-state index in [1.807, 2.05) is 188 Å². The van der Waals surface area contributed by atoms with Crippen LogP contribution >= 0.6 is 0 Å². The summed E-state index contributed by atoms with van der Waals surface area (Å²) in [5.74, 6) is 3.87. The fourth-order valence-corrected chi connectivity index (χ4v) is 13.9. The van der Waals surface area contributed by atoms with Crippen molar-refractivity contribution in [1.82, 2.24) is 44.9 Å². The summed E-state index contributed by atoms with van der Waals surface area (Å²) < 4.78 is 17.8. The minimum atomic E-state index is 0.591. The molecule has 0 amide bonds. The minimum absolute atomic E-state index is 0.591. The van der Waals surface area contributed by atoms with Crippen molar-refractivity contribution in [3.63, 3.8) is 0 Å². The molecule has 15 aromatic carbocycles. The lowest BCUT2D eigenvalue weighted by atomic mass is 9.96. The molecule has 0 aliphatic rings. The van der Waals surface area contributed by atoms with E-state index in [1.54, 1.807) is 12.1 Å². The second-order valence-electron chi connectivity index (χ2n) is 25.8. The lowest BCUT2D eigenvalue weighted by Gasteiger charge is -2.13. The van der Waals surface area contributed by atoms with E-state index in [1.165, 1.54) is 21.5 Å². The van der Waals surface area contributed by atoms with Crippen molar-refractivity contribution in [1.29, 1.82) is 5.26 Å². The summed E-state index contributed by atoms with van der Waals surface area (Å²) in [6.45, 7) is 0. The van der Waals surface area contributed by atoms with Gasteiger partial charge in [-0.3, -0.25) is 0 Å². The maximum Gasteiger partial charge on any atom is 0.227 e. The third-order valence-corrected chi connectivity index (χ3v) is 19.2. The Balaban J connectivity index is 0.000000110. The first-order valence-corrected chi connectivity index (χ1v) is 35.0. The Morgan fingerprint density at radius 3 is 0.991 bits per heavy atom. The second-order valence-corrected chi connectivity index (χ2v) is 25.8. The molecule has 13 nitrogen and oxygen atoms in total. The van der Waals surface area contributed by atoms with Crippen molar-refractivity contribution in [2.24, 2.45) is 0 Å². The normalized spacial score (nSPS) is 11.4. The molecule has 21 aromatic rings. The highest BCUT2D eigenvalue weighted by Gasteiger charge is 2.20. The van der Waals surface area contributed by atoms with Gasteiger partial charge in [-0.2, -0.15) is 5.26 Å². The first-order valence-electron chi connectivity index (χ1n) is 35.0. The quantitative estimate of drug-likeness (QED) is 0.125. The predicted molar refractivity (Wildman–Crippen MR) is 427 cm³/mol. The zero-order chi connectivity index (χ0) is 71.2. The molecule has 0 spiro atoms. The molecule has 107 heavy (non-hydrogen) atoms. The summed E-state index contributed by atoms with van der Waals surface area (Å²) in [6, 6.07) is 116. The predicted octanol–water partition coefficient (Wildman–Crippen LogP) is 23.6. The van der Waals surface area contributed by atoms with Crippen LogP contribution < -0.4 is 0 Å². The number of hydrogen-bond donors (Lipinski definition) is 0. The number of nitrogens with zero attached hydrogens (tertiary/aromatic N) is 10. The van der Waals surface area contributed by atoms with Gasteiger partial charge in [0, 0.05) is 66.2 Å². The van der Waals surface area contributed by atoms with Crippen LogP contribution in [0.15, 0.2) is 353 Å². The van der Waals surface area contributed by atoms with Gasteiger partial charge in [0.2, 0.25) is 17.7 Å². The van der Waals surface area contributed by atoms with Crippen molar-refractivity contribution < 1.29 is 13.3 Å². The van der Waals surface area contributed by atoms with E-state index < -0.39 is 0 Å². The van der Waals surface area contributed by atoms with Crippen LogP contribution in [-0.2, 0) is 0 Å². The van der Waals surface area contributed by atoms with E-state index in [4.69, 9.17) is 48.4 Å². The van der Waals surface area contributed by atoms with Crippen LogP contribution in [-0.4, -0.2) is 44.9 Å². The summed E-state index contributed by atoms with van der Waals surface area (Å²) >= 11 is 0. The van der Waals surface area contributed by atoms with Gasteiger partial charge in [-0.1, -0.05) is 218 Å². The first-order chi connectivity index (χ1) is 52.9. The lowest BCUT2D eigenvalue weighted by Crippen LogP contribution is -1.96. The van der Waals surface area contributed by atoms with Crippen molar-refractivity contribution in [3.05, 3.63) is 345 Å². The van der Waals surface area contributed by atoms with E-state index in [-0.39, 0.29) is 0 Å². The molecular formula is C94H56N10O3. The molecule has 0 saturated carbocycles. The third-order valence-electron chi connectivity index (χ3n) is 19.2. The Morgan fingerprint density at radius 2 is 0.542 bits per heavy atom. The van der Waals surface area contributed by atoms with Crippen LogP contribution in [0.3, 0.4) is 0 Å². The summed E-state index contributed by atoms with van der Waals surface area (Å²) in [6.07, 6.45) is 0. The number of hydrogen-bond acceptors (Lipinski definition) is 13.